The van der Waals surface area contributed by atoms with Crippen molar-refractivity contribution in [3.05, 3.63) is 41.0 Å². The minimum Gasteiger partial charge on any atom is -0.464 e. The number of imidazole rings is 1. The molecule has 5 heteroatoms. The van der Waals surface area contributed by atoms with Crippen molar-refractivity contribution in [1.82, 2.24) is 9.55 Å². The van der Waals surface area contributed by atoms with Crippen LogP contribution in [-0.2, 0) is 13.5 Å². The highest BCUT2D eigenvalue weighted by molar-refractivity contribution is 9.10. The monoisotopic (exact) mass is 320 g/mol. The van der Waals surface area contributed by atoms with Gasteiger partial charge in [-0.2, -0.15) is 0 Å². The second kappa shape index (κ2) is 4.83. The Bertz CT molecular complexity index is 730. The average molecular weight is 321 g/mol. The molecule has 0 aliphatic heterocycles. The van der Waals surface area contributed by atoms with Crippen LogP contribution < -0.4 is 0 Å². The van der Waals surface area contributed by atoms with Crippen molar-refractivity contribution in [2.75, 3.05) is 6.61 Å². The lowest BCUT2D eigenvalue weighted by Crippen LogP contribution is -2.01. The molecule has 0 atom stereocenters. The van der Waals surface area contributed by atoms with Crippen LogP contribution in [-0.4, -0.2) is 21.3 Å². The number of aliphatic hydroxyl groups is 1. The van der Waals surface area contributed by atoms with E-state index in [2.05, 4.69) is 20.9 Å². The first-order chi connectivity index (χ1) is 9.22. The van der Waals surface area contributed by atoms with Crippen molar-refractivity contribution in [3.8, 4) is 11.3 Å². The Morgan fingerprint density at radius 1 is 1.37 bits per heavy atom. The van der Waals surface area contributed by atoms with Crippen LogP contribution in [0.2, 0.25) is 0 Å². The van der Waals surface area contributed by atoms with Gasteiger partial charge in [0.1, 0.15) is 22.3 Å². The van der Waals surface area contributed by atoms with E-state index in [1.165, 1.54) is 0 Å². The van der Waals surface area contributed by atoms with Gasteiger partial charge < -0.3 is 14.1 Å². The average Bonchev–Trinajstić information content (AvgIpc) is 2.93. The maximum atomic E-state index is 9.06. The van der Waals surface area contributed by atoms with Crippen molar-refractivity contribution in [2.45, 2.75) is 6.42 Å². The van der Waals surface area contributed by atoms with Crippen LogP contribution in [0.3, 0.4) is 0 Å². The van der Waals surface area contributed by atoms with Crippen molar-refractivity contribution in [2.24, 2.45) is 7.05 Å². The Morgan fingerprint density at radius 2 is 2.16 bits per heavy atom. The fraction of sp³-hybridized carbons (Fsp3) is 0.214. The summed E-state index contributed by atoms with van der Waals surface area (Å²) in [6, 6.07) is 7.91. The molecule has 0 unspecified atom stereocenters. The molecule has 0 saturated carbocycles. The van der Waals surface area contributed by atoms with Gasteiger partial charge in [0.2, 0.25) is 0 Å². The molecule has 1 N–H and O–H groups in total. The number of aromatic nitrogens is 2. The van der Waals surface area contributed by atoms with Gasteiger partial charge in [-0.05, 0) is 22.0 Å². The molecule has 1 aromatic carbocycles. The summed E-state index contributed by atoms with van der Waals surface area (Å²) in [6.07, 6.45) is 2.28. The van der Waals surface area contributed by atoms with Crippen LogP contribution in [0.4, 0.5) is 0 Å². The van der Waals surface area contributed by atoms with E-state index in [-0.39, 0.29) is 6.61 Å². The van der Waals surface area contributed by atoms with Gasteiger partial charge in [-0.1, -0.05) is 18.2 Å². The molecule has 98 valence electrons. The first-order valence-electron chi connectivity index (χ1n) is 6.01. The van der Waals surface area contributed by atoms with Crippen LogP contribution in [0.25, 0.3) is 22.2 Å². The Kier molecular flexibility index (Phi) is 3.16. The summed E-state index contributed by atoms with van der Waals surface area (Å²) in [5, 5.41) is 10.1. The number of rotatable bonds is 3. The van der Waals surface area contributed by atoms with Gasteiger partial charge >= 0.3 is 0 Å². The van der Waals surface area contributed by atoms with Crippen LogP contribution in [0.5, 0.6) is 0 Å². The molecule has 2 aromatic heterocycles. The molecular weight excluding hydrogens is 308 g/mol. The summed E-state index contributed by atoms with van der Waals surface area (Å²) in [5.74, 6) is 0.842. The van der Waals surface area contributed by atoms with E-state index in [0.717, 1.165) is 32.7 Å². The van der Waals surface area contributed by atoms with Crippen molar-refractivity contribution in [1.29, 1.82) is 0 Å². The fourth-order valence-electron chi connectivity index (χ4n) is 2.29. The zero-order valence-electron chi connectivity index (χ0n) is 10.4. The first kappa shape index (κ1) is 12.4. The zero-order chi connectivity index (χ0) is 13.4. The topological polar surface area (TPSA) is 51.2 Å². The molecule has 0 bridgehead atoms. The third-order valence-corrected chi connectivity index (χ3v) is 3.77. The van der Waals surface area contributed by atoms with E-state index >= 15 is 0 Å². The Labute approximate surface area is 118 Å². The van der Waals surface area contributed by atoms with E-state index in [4.69, 9.17) is 9.52 Å². The Morgan fingerprint density at radius 3 is 2.95 bits per heavy atom. The van der Waals surface area contributed by atoms with Gasteiger partial charge in [-0.3, -0.25) is 0 Å². The van der Waals surface area contributed by atoms with E-state index in [9.17, 15) is 0 Å². The predicted molar refractivity (Wildman–Crippen MR) is 76.9 cm³/mol. The third-order valence-electron chi connectivity index (χ3n) is 3.22. The lowest BCUT2D eigenvalue weighted by Gasteiger charge is -2.04. The molecule has 3 aromatic rings. The SMILES string of the molecule is Cn1c(CCO)nc(Br)c1-c1coc2ccccc12. The number of hydrogen-bond acceptors (Lipinski definition) is 3. The second-order valence-corrected chi connectivity index (χ2v) is 5.10. The summed E-state index contributed by atoms with van der Waals surface area (Å²) in [6.45, 7) is 0.0862. The molecule has 0 aliphatic rings. The maximum Gasteiger partial charge on any atom is 0.134 e. The number of nitrogens with zero attached hydrogens (tertiary/aromatic N) is 2. The lowest BCUT2D eigenvalue weighted by molar-refractivity contribution is 0.295. The van der Waals surface area contributed by atoms with E-state index in [0.29, 0.717) is 6.42 Å². The second-order valence-electron chi connectivity index (χ2n) is 4.35. The molecule has 0 spiro atoms. The van der Waals surface area contributed by atoms with Gasteiger partial charge in [-0.25, -0.2) is 4.98 Å². The van der Waals surface area contributed by atoms with Crippen molar-refractivity contribution >= 4 is 26.9 Å². The zero-order valence-corrected chi connectivity index (χ0v) is 12.0. The highest BCUT2D eigenvalue weighted by Crippen LogP contribution is 2.35. The smallest absolute Gasteiger partial charge is 0.134 e. The Hall–Kier alpha value is -1.59. The van der Waals surface area contributed by atoms with Gasteiger partial charge in [0, 0.05) is 24.4 Å². The van der Waals surface area contributed by atoms with Crippen molar-refractivity contribution in [3.63, 3.8) is 0 Å². The number of hydrogen-bond donors (Lipinski definition) is 1. The van der Waals surface area contributed by atoms with Gasteiger partial charge in [0.25, 0.3) is 0 Å². The molecule has 0 aliphatic carbocycles. The Balaban J connectivity index is 2.21. The number of aliphatic hydroxyl groups excluding tert-OH is 1. The first-order valence-corrected chi connectivity index (χ1v) is 6.80. The molecule has 2 heterocycles. The molecule has 0 saturated heterocycles. The number of halogens is 1. The summed E-state index contributed by atoms with van der Waals surface area (Å²) in [7, 11) is 1.94. The van der Waals surface area contributed by atoms with Gasteiger partial charge in [0.05, 0.1) is 12.3 Å². The molecular formula is C14H13BrN2O2. The summed E-state index contributed by atoms with van der Waals surface area (Å²) < 4.78 is 8.32. The maximum absolute atomic E-state index is 9.06. The van der Waals surface area contributed by atoms with Crippen LogP contribution >= 0.6 is 15.9 Å². The standard InChI is InChI=1S/C14H13BrN2O2/c1-17-12(6-7-18)16-14(15)13(17)10-8-19-11-5-3-2-4-9(10)11/h2-5,8,18H,6-7H2,1H3. The number of furan rings is 1. The van der Waals surface area contributed by atoms with E-state index < -0.39 is 0 Å². The van der Waals surface area contributed by atoms with Gasteiger partial charge in [-0.15, -0.1) is 0 Å². The third kappa shape index (κ3) is 1.99. The van der Waals surface area contributed by atoms with Crippen molar-refractivity contribution < 1.29 is 9.52 Å². The van der Waals surface area contributed by atoms with Crippen LogP contribution in [0.15, 0.2) is 39.5 Å². The summed E-state index contributed by atoms with van der Waals surface area (Å²) in [5.41, 5.74) is 2.82. The predicted octanol–water partition coefficient (Wildman–Crippen LogP) is 3.13. The minimum atomic E-state index is 0.0862. The minimum absolute atomic E-state index is 0.0862. The molecule has 0 amide bonds. The van der Waals surface area contributed by atoms with Crippen LogP contribution in [0, 0.1) is 0 Å². The molecule has 0 radical (unpaired) electrons. The summed E-state index contributed by atoms with van der Waals surface area (Å²) >= 11 is 3.49. The number of para-hydroxylation sites is 1. The van der Waals surface area contributed by atoms with Gasteiger partial charge in [0.15, 0.2) is 0 Å². The molecule has 0 fully saturated rings. The highest BCUT2D eigenvalue weighted by atomic mass is 79.9. The van der Waals surface area contributed by atoms with E-state index in [1.54, 1.807) is 6.26 Å². The normalized spacial score (nSPS) is 11.3. The number of fused-ring (bicyclic) bond motifs is 1. The van der Waals surface area contributed by atoms with Crippen LogP contribution in [0.1, 0.15) is 5.82 Å². The number of benzene rings is 1. The molecule has 19 heavy (non-hydrogen) atoms. The quantitative estimate of drug-likeness (QED) is 0.806. The molecule has 3 rings (SSSR count). The van der Waals surface area contributed by atoms with E-state index in [1.807, 2.05) is 35.9 Å². The largest absolute Gasteiger partial charge is 0.464 e. The lowest BCUT2D eigenvalue weighted by atomic mass is 10.1. The molecule has 4 nitrogen and oxygen atoms in total. The highest BCUT2D eigenvalue weighted by Gasteiger charge is 2.18. The fourth-order valence-corrected chi connectivity index (χ4v) is 2.97. The summed E-state index contributed by atoms with van der Waals surface area (Å²) in [4.78, 5) is 4.44.